The zero-order chi connectivity index (χ0) is 14.5. The molecule has 4 unspecified atom stereocenters. The minimum absolute atomic E-state index is 0.256. The largest absolute Gasteiger partial charge is 0.313 e. The average Bonchev–Trinajstić information content (AvgIpc) is 2.46. The number of benzene rings is 1. The van der Waals surface area contributed by atoms with Gasteiger partial charge in [-0.3, -0.25) is 4.21 Å². The van der Waals surface area contributed by atoms with Crippen LogP contribution >= 0.6 is 0 Å². The fourth-order valence-corrected chi connectivity index (χ4v) is 5.03. The van der Waals surface area contributed by atoms with Crippen molar-refractivity contribution in [1.82, 2.24) is 5.32 Å². The van der Waals surface area contributed by atoms with E-state index in [1.807, 2.05) is 18.2 Å². The van der Waals surface area contributed by atoms with Crippen molar-refractivity contribution in [1.29, 1.82) is 0 Å². The third kappa shape index (κ3) is 3.70. The summed E-state index contributed by atoms with van der Waals surface area (Å²) in [6.07, 6.45) is 4.62. The van der Waals surface area contributed by atoms with E-state index >= 15 is 0 Å². The van der Waals surface area contributed by atoms with Crippen molar-refractivity contribution < 1.29 is 4.21 Å². The molecule has 1 N–H and O–H groups in total. The number of rotatable bonds is 5. The van der Waals surface area contributed by atoms with Gasteiger partial charge >= 0.3 is 0 Å². The molecule has 0 spiro atoms. The van der Waals surface area contributed by atoms with Crippen LogP contribution in [0.3, 0.4) is 0 Å². The van der Waals surface area contributed by atoms with Gasteiger partial charge < -0.3 is 5.32 Å². The molecule has 4 atom stereocenters. The fraction of sp³-hybridized carbons (Fsp3) is 0.647. The van der Waals surface area contributed by atoms with Crippen molar-refractivity contribution in [2.24, 2.45) is 5.92 Å². The molecule has 1 aromatic carbocycles. The molecule has 0 aliphatic heterocycles. The molecular weight excluding hydrogens is 266 g/mol. The number of nitrogens with one attached hydrogen (secondary N) is 1. The van der Waals surface area contributed by atoms with Gasteiger partial charge in [0.15, 0.2) is 0 Å². The topological polar surface area (TPSA) is 29.1 Å². The molecular formula is C17H27NOS. The van der Waals surface area contributed by atoms with Crippen LogP contribution in [0.5, 0.6) is 0 Å². The van der Waals surface area contributed by atoms with Crippen LogP contribution in [0, 0.1) is 12.8 Å². The maximum absolute atomic E-state index is 13.0. The minimum atomic E-state index is -0.898. The van der Waals surface area contributed by atoms with Crippen molar-refractivity contribution in [3.8, 4) is 0 Å². The molecule has 0 radical (unpaired) electrons. The lowest BCUT2D eigenvalue weighted by Crippen LogP contribution is -2.46. The number of hydrogen-bond acceptors (Lipinski definition) is 2. The first-order chi connectivity index (χ1) is 9.63. The van der Waals surface area contributed by atoms with Gasteiger partial charge in [-0.05, 0) is 56.7 Å². The summed E-state index contributed by atoms with van der Waals surface area (Å²) in [7, 11) is -0.898. The Balaban J connectivity index is 2.17. The Morgan fingerprint density at radius 1 is 1.30 bits per heavy atom. The average molecular weight is 293 g/mol. The summed E-state index contributed by atoms with van der Waals surface area (Å²) >= 11 is 0. The molecule has 0 saturated heterocycles. The third-order valence-electron chi connectivity index (χ3n) is 4.30. The Hall–Kier alpha value is -0.670. The van der Waals surface area contributed by atoms with Crippen LogP contribution in [-0.2, 0) is 10.8 Å². The Morgan fingerprint density at radius 3 is 2.75 bits per heavy atom. The highest BCUT2D eigenvalue weighted by Crippen LogP contribution is 2.31. The Morgan fingerprint density at radius 2 is 2.05 bits per heavy atom. The zero-order valence-corrected chi connectivity index (χ0v) is 13.7. The van der Waals surface area contributed by atoms with Crippen LogP contribution in [0.1, 0.15) is 45.1 Å². The number of aryl methyl sites for hydroxylation is 1. The molecule has 0 bridgehead atoms. The molecule has 20 heavy (non-hydrogen) atoms. The van der Waals surface area contributed by atoms with Crippen LogP contribution in [0.4, 0.5) is 0 Å². The molecule has 112 valence electrons. The highest BCUT2D eigenvalue weighted by Gasteiger charge is 2.33. The van der Waals surface area contributed by atoms with E-state index in [4.69, 9.17) is 0 Å². The normalized spacial score (nSPS) is 28.2. The van der Waals surface area contributed by atoms with E-state index in [1.165, 1.54) is 6.42 Å². The molecule has 1 aliphatic carbocycles. The lowest BCUT2D eigenvalue weighted by Gasteiger charge is -2.35. The molecule has 0 amide bonds. The van der Waals surface area contributed by atoms with E-state index in [1.54, 1.807) is 0 Å². The fourth-order valence-electron chi connectivity index (χ4n) is 3.07. The summed E-state index contributed by atoms with van der Waals surface area (Å²) in [5, 5.41) is 3.87. The molecule has 1 aromatic rings. The van der Waals surface area contributed by atoms with Crippen molar-refractivity contribution in [3.63, 3.8) is 0 Å². The second-order valence-corrected chi connectivity index (χ2v) is 7.72. The van der Waals surface area contributed by atoms with Crippen molar-refractivity contribution >= 4 is 10.8 Å². The first-order valence-electron chi connectivity index (χ1n) is 7.83. The maximum Gasteiger partial charge on any atom is 0.0579 e. The summed E-state index contributed by atoms with van der Waals surface area (Å²) in [6, 6.07) is 8.52. The molecule has 1 fully saturated rings. The van der Waals surface area contributed by atoms with Gasteiger partial charge in [-0.2, -0.15) is 0 Å². The van der Waals surface area contributed by atoms with Gasteiger partial charge in [-0.1, -0.05) is 32.0 Å². The summed E-state index contributed by atoms with van der Waals surface area (Å²) in [4.78, 5) is 1.02. The highest BCUT2D eigenvalue weighted by atomic mass is 32.2. The molecule has 2 nitrogen and oxygen atoms in total. The van der Waals surface area contributed by atoms with E-state index in [0.29, 0.717) is 12.0 Å². The standard InChI is InChI=1S/C17H27NOS/c1-4-11-18-15-10-9-13(2)12-17(15)20(19)16-8-6-5-7-14(16)3/h5-8,13,15,17-18H,4,9-12H2,1-3H3. The van der Waals surface area contributed by atoms with E-state index in [2.05, 4.69) is 32.2 Å². The quantitative estimate of drug-likeness (QED) is 0.897. The summed E-state index contributed by atoms with van der Waals surface area (Å²) < 4.78 is 13.0. The number of hydrogen-bond donors (Lipinski definition) is 1. The Labute approximate surface area is 125 Å². The predicted octanol–water partition coefficient (Wildman–Crippen LogP) is 3.66. The van der Waals surface area contributed by atoms with Gasteiger partial charge in [-0.15, -0.1) is 0 Å². The molecule has 0 heterocycles. The van der Waals surface area contributed by atoms with E-state index in [-0.39, 0.29) is 5.25 Å². The smallest absolute Gasteiger partial charge is 0.0579 e. The Bertz CT molecular complexity index is 458. The zero-order valence-electron chi connectivity index (χ0n) is 12.9. The van der Waals surface area contributed by atoms with E-state index in [9.17, 15) is 4.21 Å². The van der Waals surface area contributed by atoms with Crippen LogP contribution < -0.4 is 5.32 Å². The molecule has 2 rings (SSSR count). The van der Waals surface area contributed by atoms with Crippen LogP contribution in [-0.4, -0.2) is 22.0 Å². The molecule has 3 heteroatoms. The second-order valence-electron chi connectivity index (χ2n) is 6.08. The molecule has 1 aliphatic rings. The minimum Gasteiger partial charge on any atom is -0.313 e. The lowest BCUT2D eigenvalue weighted by molar-refractivity contribution is 0.313. The monoisotopic (exact) mass is 293 g/mol. The van der Waals surface area contributed by atoms with Crippen molar-refractivity contribution in [3.05, 3.63) is 29.8 Å². The van der Waals surface area contributed by atoms with Crippen LogP contribution in [0.25, 0.3) is 0 Å². The predicted molar refractivity (Wildman–Crippen MR) is 86.5 cm³/mol. The molecule has 0 aromatic heterocycles. The van der Waals surface area contributed by atoms with E-state index in [0.717, 1.165) is 36.3 Å². The van der Waals surface area contributed by atoms with Crippen molar-refractivity contribution in [2.45, 2.75) is 62.6 Å². The lowest BCUT2D eigenvalue weighted by atomic mass is 9.87. The van der Waals surface area contributed by atoms with Crippen LogP contribution in [0.15, 0.2) is 29.2 Å². The summed E-state index contributed by atoms with van der Waals surface area (Å²) in [6.45, 7) is 7.57. The highest BCUT2D eigenvalue weighted by molar-refractivity contribution is 7.85. The van der Waals surface area contributed by atoms with Crippen molar-refractivity contribution in [2.75, 3.05) is 6.54 Å². The summed E-state index contributed by atoms with van der Waals surface area (Å²) in [5.41, 5.74) is 1.15. The van der Waals surface area contributed by atoms with Gasteiger partial charge in [0.1, 0.15) is 0 Å². The first-order valence-corrected chi connectivity index (χ1v) is 9.04. The van der Waals surface area contributed by atoms with Gasteiger partial charge in [0.25, 0.3) is 0 Å². The van der Waals surface area contributed by atoms with Crippen LogP contribution in [0.2, 0.25) is 0 Å². The first kappa shape index (κ1) is 15.7. The Kier molecular flexibility index (Phi) is 5.79. The maximum atomic E-state index is 13.0. The van der Waals surface area contributed by atoms with E-state index < -0.39 is 10.8 Å². The third-order valence-corrected chi connectivity index (χ3v) is 6.26. The second kappa shape index (κ2) is 7.37. The SMILES string of the molecule is CCCNC1CCC(C)CC1S(=O)c1ccccc1C. The van der Waals surface area contributed by atoms with Gasteiger partial charge in [0, 0.05) is 10.9 Å². The summed E-state index contributed by atoms with van der Waals surface area (Å²) in [5.74, 6) is 0.688. The van der Waals surface area contributed by atoms with Gasteiger partial charge in [-0.25, -0.2) is 0 Å². The molecule has 1 saturated carbocycles. The van der Waals surface area contributed by atoms with Gasteiger partial charge in [0.05, 0.1) is 16.0 Å². The van der Waals surface area contributed by atoms with Gasteiger partial charge in [0.2, 0.25) is 0 Å².